The normalized spacial score (nSPS) is 22.5. The van der Waals surface area contributed by atoms with Gasteiger partial charge in [-0.15, -0.1) is 0 Å². The summed E-state index contributed by atoms with van der Waals surface area (Å²) in [7, 11) is 0. The Hall–Kier alpha value is -1.58. The lowest BCUT2D eigenvalue weighted by atomic mass is 10.0. The fraction of sp³-hybridized carbons (Fsp3) is 0.444. The molecule has 1 atom stereocenters. The lowest BCUT2D eigenvalue weighted by molar-refractivity contribution is -0.130. The van der Waals surface area contributed by atoms with Crippen LogP contribution in [0, 0.1) is 0 Å². The summed E-state index contributed by atoms with van der Waals surface area (Å²) in [6.45, 7) is 8.88. The van der Waals surface area contributed by atoms with Crippen molar-refractivity contribution < 1.29 is 9.84 Å². The van der Waals surface area contributed by atoms with E-state index in [2.05, 4.69) is 37.8 Å². The summed E-state index contributed by atoms with van der Waals surface area (Å²) in [6, 6.07) is 12.0. The van der Waals surface area contributed by atoms with Crippen molar-refractivity contribution in [2.45, 2.75) is 39.0 Å². The fourth-order valence-electron chi connectivity index (χ4n) is 3.42. The number of phenols is 1. The number of ether oxygens (including phenoxy) is 1. The second-order valence-electron chi connectivity index (χ2n) is 6.64. The molecule has 1 N–H and O–H groups in total. The maximum Gasteiger partial charge on any atom is 0.120 e. The lowest BCUT2D eigenvalue weighted by Crippen LogP contribution is -2.51. The number of fused-ring (bicyclic) bond motifs is 1. The molecule has 0 spiro atoms. The molecule has 2 aromatic carbocycles. The summed E-state index contributed by atoms with van der Waals surface area (Å²) in [5.41, 5.74) is 0.871. The van der Waals surface area contributed by atoms with E-state index in [1.54, 1.807) is 6.07 Å². The molecule has 0 amide bonds. The number of hydrogen-bond acceptors (Lipinski definition) is 3. The van der Waals surface area contributed by atoms with Crippen molar-refractivity contribution in [1.82, 2.24) is 4.90 Å². The largest absolute Gasteiger partial charge is 0.508 e. The van der Waals surface area contributed by atoms with E-state index in [9.17, 15) is 5.11 Å². The van der Waals surface area contributed by atoms with Crippen LogP contribution in [-0.2, 0) is 11.3 Å². The number of nitrogens with zero attached hydrogens (tertiary/aromatic N) is 1. The van der Waals surface area contributed by atoms with Crippen LogP contribution in [0.1, 0.15) is 26.3 Å². The third-order valence-electron chi connectivity index (χ3n) is 4.04. The van der Waals surface area contributed by atoms with E-state index < -0.39 is 0 Å². The molecule has 1 saturated heterocycles. The Morgan fingerprint density at radius 1 is 1.24 bits per heavy atom. The number of rotatable bonds is 2. The smallest absolute Gasteiger partial charge is 0.120 e. The Bertz CT molecular complexity index is 651. The van der Waals surface area contributed by atoms with E-state index >= 15 is 0 Å². The predicted molar refractivity (Wildman–Crippen MR) is 85.5 cm³/mol. The Kier molecular flexibility index (Phi) is 3.64. The summed E-state index contributed by atoms with van der Waals surface area (Å²) in [5.74, 6) is 0.380. The molecule has 112 valence electrons. The number of hydrogen-bond donors (Lipinski definition) is 1. The van der Waals surface area contributed by atoms with Crippen LogP contribution in [0.2, 0.25) is 0 Å². The molecule has 1 aliphatic rings. The SMILES string of the molecule is CC1CN(Cc2c(O)ccc3ccccc23)CC(C)(C)O1. The zero-order valence-corrected chi connectivity index (χ0v) is 13.0. The molecule has 0 radical (unpaired) electrons. The molecule has 3 rings (SSSR count). The van der Waals surface area contributed by atoms with Crippen LogP contribution in [0.4, 0.5) is 0 Å². The molecule has 0 aromatic heterocycles. The van der Waals surface area contributed by atoms with Crippen molar-refractivity contribution >= 4 is 10.8 Å². The molecule has 3 nitrogen and oxygen atoms in total. The minimum atomic E-state index is -0.141. The van der Waals surface area contributed by atoms with Gasteiger partial charge < -0.3 is 9.84 Å². The zero-order chi connectivity index (χ0) is 15.0. The maximum absolute atomic E-state index is 10.3. The average molecular weight is 285 g/mol. The van der Waals surface area contributed by atoms with Crippen molar-refractivity contribution in [3.8, 4) is 5.75 Å². The van der Waals surface area contributed by atoms with Gasteiger partial charge in [0.1, 0.15) is 5.75 Å². The second kappa shape index (κ2) is 5.32. The molecule has 0 bridgehead atoms. The van der Waals surface area contributed by atoms with Gasteiger partial charge in [0.2, 0.25) is 0 Å². The van der Waals surface area contributed by atoms with Crippen LogP contribution in [0.3, 0.4) is 0 Å². The van der Waals surface area contributed by atoms with Crippen LogP contribution in [0.25, 0.3) is 10.8 Å². The molecule has 0 aliphatic carbocycles. The molecule has 1 fully saturated rings. The number of phenolic OH excluding ortho intramolecular Hbond substituents is 1. The van der Waals surface area contributed by atoms with Crippen LogP contribution in [0.5, 0.6) is 5.75 Å². The molecular formula is C18H23NO2. The minimum absolute atomic E-state index is 0.141. The molecule has 21 heavy (non-hydrogen) atoms. The summed E-state index contributed by atoms with van der Waals surface area (Å²) >= 11 is 0. The Morgan fingerprint density at radius 3 is 2.76 bits per heavy atom. The monoisotopic (exact) mass is 285 g/mol. The number of benzene rings is 2. The molecule has 3 heteroatoms. The van der Waals surface area contributed by atoms with Gasteiger partial charge >= 0.3 is 0 Å². The van der Waals surface area contributed by atoms with E-state index in [0.29, 0.717) is 5.75 Å². The highest BCUT2D eigenvalue weighted by molar-refractivity contribution is 5.87. The molecular weight excluding hydrogens is 262 g/mol. The third kappa shape index (κ3) is 3.04. The van der Waals surface area contributed by atoms with Crippen LogP contribution >= 0.6 is 0 Å². The molecule has 1 heterocycles. The highest BCUT2D eigenvalue weighted by atomic mass is 16.5. The van der Waals surface area contributed by atoms with E-state index in [4.69, 9.17) is 4.74 Å². The van der Waals surface area contributed by atoms with E-state index in [1.165, 1.54) is 5.39 Å². The Morgan fingerprint density at radius 2 is 2.00 bits per heavy atom. The summed E-state index contributed by atoms with van der Waals surface area (Å²) in [5, 5.41) is 12.6. The average Bonchev–Trinajstić information content (AvgIpc) is 2.40. The first-order valence-electron chi connectivity index (χ1n) is 7.54. The van der Waals surface area contributed by atoms with Crippen molar-refractivity contribution in [3.05, 3.63) is 42.0 Å². The van der Waals surface area contributed by atoms with Crippen LogP contribution in [0.15, 0.2) is 36.4 Å². The fourth-order valence-corrected chi connectivity index (χ4v) is 3.42. The van der Waals surface area contributed by atoms with Gasteiger partial charge in [-0.25, -0.2) is 0 Å². The van der Waals surface area contributed by atoms with Gasteiger partial charge in [0.25, 0.3) is 0 Å². The van der Waals surface area contributed by atoms with Gasteiger partial charge in [-0.05, 0) is 37.6 Å². The van der Waals surface area contributed by atoms with Crippen LogP contribution in [-0.4, -0.2) is 34.8 Å². The molecule has 2 aromatic rings. The summed E-state index contributed by atoms with van der Waals surface area (Å²) < 4.78 is 5.96. The van der Waals surface area contributed by atoms with Crippen LogP contribution < -0.4 is 0 Å². The van der Waals surface area contributed by atoms with Crippen molar-refractivity contribution in [2.24, 2.45) is 0 Å². The summed E-state index contributed by atoms with van der Waals surface area (Å²) in [4.78, 5) is 2.37. The first-order chi connectivity index (χ1) is 9.94. The van der Waals surface area contributed by atoms with Gasteiger partial charge in [0.05, 0.1) is 11.7 Å². The van der Waals surface area contributed by atoms with E-state index in [-0.39, 0.29) is 11.7 Å². The molecule has 1 aliphatic heterocycles. The topological polar surface area (TPSA) is 32.7 Å². The molecule has 1 unspecified atom stereocenters. The van der Waals surface area contributed by atoms with Crippen molar-refractivity contribution in [2.75, 3.05) is 13.1 Å². The van der Waals surface area contributed by atoms with Crippen molar-refractivity contribution in [3.63, 3.8) is 0 Å². The first kappa shape index (κ1) is 14.4. The number of morpholine rings is 1. The Balaban J connectivity index is 1.93. The van der Waals surface area contributed by atoms with E-state index in [1.807, 2.05) is 18.2 Å². The highest BCUT2D eigenvalue weighted by Gasteiger charge is 2.31. The molecule has 0 saturated carbocycles. The quantitative estimate of drug-likeness (QED) is 0.916. The van der Waals surface area contributed by atoms with Gasteiger partial charge in [0, 0.05) is 25.2 Å². The maximum atomic E-state index is 10.3. The Labute approximate surface area is 126 Å². The lowest BCUT2D eigenvalue weighted by Gasteiger charge is -2.42. The van der Waals surface area contributed by atoms with Crippen molar-refractivity contribution in [1.29, 1.82) is 0 Å². The van der Waals surface area contributed by atoms with Gasteiger partial charge in [-0.2, -0.15) is 0 Å². The van der Waals surface area contributed by atoms with E-state index in [0.717, 1.165) is 30.6 Å². The third-order valence-corrected chi connectivity index (χ3v) is 4.04. The number of aromatic hydroxyl groups is 1. The first-order valence-corrected chi connectivity index (χ1v) is 7.54. The van der Waals surface area contributed by atoms with Gasteiger partial charge in [-0.3, -0.25) is 4.90 Å². The second-order valence-corrected chi connectivity index (χ2v) is 6.64. The van der Waals surface area contributed by atoms with Gasteiger partial charge in [0.15, 0.2) is 0 Å². The minimum Gasteiger partial charge on any atom is -0.508 e. The standard InChI is InChI=1S/C18H23NO2/c1-13-10-19(12-18(2,3)21-13)11-16-15-7-5-4-6-14(15)8-9-17(16)20/h4-9,13,20H,10-12H2,1-3H3. The van der Waals surface area contributed by atoms with Gasteiger partial charge in [-0.1, -0.05) is 30.3 Å². The zero-order valence-electron chi connectivity index (χ0n) is 13.0. The summed E-state index contributed by atoms with van der Waals surface area (Å²) in [6.07, 6.45) is 0.214. The highest BCUT2D eigenvalue weighted by Crippen LogP contribution is 2.30. The predicted octanol–water partition coefficient (Wildman–Crippen LogP) is 3.54.